The molecule has 0 radical (unpaired) electrons. The molecule has 0 spiro atoms. The van der Waals surface area contributed by atoms with Crippen LogP contribution in [0, 0.1) is 20.8 Å². The van der Waals surface area contributed by atoms with Crippen LogP contribution in [0.5, 0.6) is 0 Å². The SMILES string of the molecule is CNC(C)(C)C(=O)c1c(C)cc(C)cc1C. The zero-order valence-electron chi connectivity index (χ0n) is 11.1. The van der Waals surface area contributed by atoms with Crippen LogP contribution in [-0.4, -0.2) is 18.4 Å². The van der Waals surface area contributed by atoms with E-state index in [1.54, 1.807) is 0 Å². The fourth-order valence-electron chi connectivity index (χ4n) is 1.96. The van der Waals surface area contributed by atoms with Gasteiger partial charge < -0.3 is 5.32 Å². The van der Waals surface area contributed by atoms with Crippen LogP contribution in [-0.2, 0) is 0 Å². The quantitative estimate of drug-likeness (QED) is 0.792. The molecule has 0 aliphatic heterocycles. The van der Waals surface area contributed by atoms with Gasteiger partial charge >= 0.3 is 0 Å². The summed E-state index contributed by atoms with van der Waals surface area (Å²) in [4.78, 5) is 12.4. The van der Waals surface area contributed by atoms with Crippen molar-refractivity contribution in [3.63, 3.8) is 0 Å². The van der Waals surface area contributed by atoms with E-state index in [2.05, 4.69) is 24.4 Å². The first kappa shape index (κ1) is 12.9. The van der Waals surface area contributed by atoms with Gasteiger partial charge in [0.1, 0.15) is 0 Å². The van der Waals surface area contributed by atoms with Gasteiger partial charge in [0.25, 0.3) is 0 Å². The minimum atomic E-state index is -0.509. The Kier molecular flexibility index (Phi) is 3.54. The second kappa shape index (κ2) is 4.38. The smallest absolute Gasteiger partial charge is 0.182 e. The van der Waals surface area contributed by atoms with Gasteiger partial charge in [-0.2, -0.15) is 0 Å². The highest BCUT2D eigenvalue weighted by atomic mass is 16.1. The summed E-state index contributed by atoms with van der Waals surface area (Å²) in [5.74, 6) is 0.157. The Morgan fingerprint density at radius 1 is 1.12 bits per heavy atom. The zero-order valence-corrected chi connectivity index (χ0v) is 11.1. The van der Waals surface area contributed by atoms with E-state index in [9.17, 15) is 4.79 Å². The second-order valence-corrected chi connectivity index (χ2v) is 4.98. The summed E-state index contributed by atoms with van der Waals surface area (Å²) in [5, 5.41) is 3.06. The molecule has 0 saturated heterocycles. The standard InChI is InChI=1S/C14H21NO/c1-9-7-10(2)12(11(3)8-9)13(16)14(4,5)15-6/h7-8,15H,1-6H3. The van der Waals surface area contributed by atoms with Gasteiger partial charge in [-0.25, -0.2) is 0 Å². The van der Waals surface area contributed by atoms with Crippen molar-refractivity contribution in [3.05, 3.63) is 34.4 Å². The molecule has 0 heterocycles. The van der Waals surface area contributed by atoms with Gasteiger partial charge in [-0.05, 0) is 52.8 Å². The third kappa shape index (κ3) is 2.33. The van der Waals surface area contributed by atoms with Crippen molar-refractivity contribution in [2.45, 2.75) is 40.2 Å². The number of likely N-dealkylation sites (N-methyl/N-ethyl adjacent to an activating group) is 1. The Morgan fingerprint density at radius 3 is 1.94 bits per heavy atom. The number of carbonyl (C=O) groups is 1. The van der Waals surface area contributed by atoms with Gasteiger partial charge in [0.05, 0.1) is 5.54 Å². The summed E-state index contributed by atoms with van der Waals surface area (Å²) in [5.41, 5.74) is 3.67. The fraction of sp³-hybridized carbons (Fsp3) is 0.500. The Labute approximate surface area is 98.1 Å². The van der Waals surface area contributed by atoms with Crippen molar-refractivity contribution in [1.82, 2.24) is 5.32 Å². The molecule has 1 aromatic rings. The molecule has 0 fully saturated rings. The second-order valence-electron chi connectivity index (χ2n) is 4.98. The van der Waals surface area contributed by atoms with Crippen LogP contribution in [0.25, 0.3) is 0 Å². The average molecular weight is 219 g/mol. The molecule has 2 heteroatoms. The first-order valence-corrected chi connectivity index (χ1v) is 5.61. The maximum Gasteiger partial charge on any atom is 0.182 e. The fourth-order valence-corrected chi connectivity index (χ4v) is 1.96. The Morgan fingerprint density at radius 2 is 1.56 bits per heavy atom. The summed E-state index contributed by atoms with van der Waals surface area (Å²) in [6.07, 6.45) is 0. The van der Waals surface area contributed by atoms with Crippen LogP contribution < -0.4 is 5.32 Å². The van der Waals surface area contributed by atoms with Crippen LogP contribution in [0.4, 0.5) is 0 Å². The lowest BCUT2D eigenvalue weighted by Crippen LogP contribution is -2.45. The number of ketones is 1. The summed E-state index contributed by atoms with van der Waals surface area (Å²) in [6, 6.07) is 4.12. The third-order valence-electron chi connectivity index (χ3n) is 3.10. The van der Waals surface area contributed by atoms with E-state index in [0.29, 0.717) is 0 Å². The van der Waals surface area contributed by atoms with Crippen molar-refractivity contribution in [2.24, 2.45) is 0 Å². The van der Waals surface area contributed by atoms with E-state index in [4.69, 9.17) is 0 Å². The van der Waals surface area contributed by atoms with E-state index >= 15 is 0 Å². The van der Waals surface area contributed by atoms with E-state index in [0.717, 1.165) is 16.7 Å². The Balaban J connectivity index is 3.30. The molecule has 0 aliphatic rings. The van der Waals surface area contributed by atoms with Crippen molar-refractivity contribution in [3.8, 4) is 0 Å². The highest BCUT2D eigenvalue weighted by Gasteiger charge is 2.28. The van der Waals surface area contributed by atoms with Crippen molar-refractivity contribution in [1.29, 1.82) is 0 Å². The largest absolute Gasteiger partial charge is 0.308 e. The van der Waals surface area contributed by atoms with Crippen LogP contribution in [0.3, 0.4) is 0 Å². The van der Waals surface area contributed by atoms with E-state index in [-0.39, 0.29) is 5.78 Å². The maximum atomic E-state index is 12.4. The monoisotopic (exact) mass is 219 g/mol. The van der Waals surface area contributed by atoms with Crippen LogP contribution in [0.15, 0.2) is 12.1 Å². The molecule has 88 valence electrons. The summed E-state index contributed by atoms with van der Waals surface area (Å²) in [7, 11) is 1.82. The number of hydrogen-bond donors (Lipinski definition) is 1. The average Bonchev–Trinajstić information content (AvgIpc) is 2.15. The van der Waals surface area contributed by atoms with Crippen molar-refractivity contribution < 1.29 is 4.79 Å². The highest BCUT2D eigenvalue weighted by Crippen LogP contribution is 2.21. The number of hydrogen-bond acceptors (Lipinski definition) is 2. The number of Topliss-reactive ketones (excluding diaryl/α,β-unsaturated/α-hetero) is 1. The third-order valence-corrected chi connectivity index (χ3v) is 3.10. The van der Waals surface area contributed by atoms with Gasteiger partial charge in [0.2, 0.25) is 0 Å². The molecule has 1 rings (SSSR count). The lowest BCUT2D eigenvalue weighted by molar-refractivity contribution is 0.0888. The number of carbonyl (C=O) groups excluding carboxylic acids is 1. The number of rotatable bonds is 3. The van der Waals surface area contributed by atoms with Gasteiger partial charge in [-0.15, -0.1) is 0 Å². The van der Waals surface area contributed by atoms with Crippen LogP contribution in [0.1, 0.15) is 40.9 Å². The van der Waals surface area contributed by atoms with Gasteiger partial charge in [0, 0.05) is 5.56 Å². The molecule has 0 atom stereocenters. The number of nitrogens with one attached hydrogen (secondary N) is 1. The summed E-state index contributed by atoms with van der Waals surface area (Å²) in [6.45, 7) is 9.87. The molecule has 1 aromatic carbocycles. The minimum absolute atomic E-state index is 0.157. The normalized spacial score (nSPS) is 11.6. The molecule has 0 unspecified atom stereocenters. The number of benzene rings is 1. The van der Waals surface area contributed by atoms with Crippen LogP contribution in [0.2, 0.25) is 0 Å². The van der Waals surface area contributed by atoms with E-state index < -0.39 is 5.54 Å². The maximum absolute atomic E-state index is 12.4. The Bertz CT molecular complexity index is 396. The van der Waals surface area contributed by atoms with Gasteiger partial charge in [-0.1, -0.05) is 17.7 Å². The van der Waals surface area contributed by atoms with Crippen LogP contribution >= 0.6 is 0 Å². The topological polar surface area (TPSA) is 29.1 Å². The van der Waals surface area contributed by atoms with Crippen molar-refractivity contribution >= 4 is 5.78 Å². The summed E-state index contributed by atoms with van der Waals surface area (Å²) >= 11 is 0. The molecule has 0 bridgehead atoms. The van der Waals surface area contributed by atoms with E-state index in [1.165, 1.54) is 5.56 Å². The molecule has 1 N–H and O–H groups in total. The van der Waals surface area contributed by atoms with Gasteiger partial charge in [0.15, 0.2) is 5.78 Å². The predicted octanol–water partition coefficient (Wildman–Crippen LogP) is 2.79. The molecule has 2 nitrogen and oxygen atoms in total. The first-order valence-electron chi connectivity index (χ1n) is 5.61. The molecule has 0 amide bonds. The predicted molar refractivity (Wildman–Crippen MR) is 68.1 cm³/mol. The molecule has 16 heavy (non-hydrogen) atoms. The molecule has 0 saturated carbocycles. The number of aryl methyl sites for hydroxylation is 3. The molecule has 0 aliphatic carbocycles. The minimum Gasteiger partial charge on any atom is -0.308 e. The summed E-state index contributed by atoms with van der Waals surface area (Å²) < 4.78 is 0. The molecule has 0 aromatic heterocycles. The molecular weight excluding hydrogens is 198 g/mol. The van der Waals surface area contributed by atoms with Crippen molar-refractivity contribution in [2.75, 3.05) is 7.05 Å². The first-order chi connectivity index (χ1) is 7.29. The lowest BCUT2D eigenvalue weighted by atomic mass is 9.87. The van der Waals surface area contributed by atoms with E-state index in [1.807, 2.05) is 34.7 Å². The zero-order chi connectivity index (χ0) is 12.5. The lowest BCUT2D eigenvalue weighted by Gasteiger charge is -2.24. The molecular formula is C14H21NO. The highest BCUT2D eigenvalue weighted by molar-refractivity contribution is 6.04. The Hall–Kier alpha value is -1.15. The van der Waals surface area contributed by atoms with Gasteiger partial charge in [-0.3, -0.25) is 4.79 Å².